The summed E-state index contributed by atoms with van der Waals surface area (Å²) in [7, 11) is 0. The lowest BCUT2D eigenvalue weighted by Gasteiger charge is -2.10. The van der Waals surface area contributed by atoms with Gasteiger partial charge in [0.2, 0.25) is 5.91 Å². The molecule has 4 rings (SSSR count). The van der Waals surface area contributed by atoms with Gasteiger partial charge in [-0.05, 0) is 56.2 Å². The first-order chi connectivity index (χ1) is 13.4. The van der Waals surface area contributed by atoms with E-state index in [0.29, 0.717) is 22.6 Å². The van der Waals surface area contributed by atoms with Crippen LogP contribution >= 0.6 is 0 Å². The molecular weight excluding hydrogens is 356 g/mol. The minimum Gasteiger partial charge on any atom is -0.408 e. The molecule has 0 saturated carbocycles. The largest absolute Gasteiger partial charge is 0.419 e. The number of aromatic nitrogens is 3. The van der Waals surface area contributed by atoms with Gasteiger partial charge in [0, 0.05) is 24.0 Å². The Balaban J connectivity index is 1.51. The Morgan fingerprint density at radius 1 is 1.07 bits per heavy atom. The van der Waals surface area contributed by atoms with Crippen molar-refractivity contribution >= 4 is 33.9 Å². The molecule has 0 radical (unpaired) electrons. The lowest BCUT2D eigenvalue weighted by atomic mass is 10.1. The van der Waals surface area contributed by atoms with E-state index in [1.807, 2.05) is 32.9 Å². The normalized spacial score (nSPS) is 11.2. The highest BCUT2D eigenvalue weighted by Gasteiger charge is 2.12. The molecule has 3 heterocycles. The lowest BCUT2D eigenvalue weighted by molar-refractivity contribution is -0.116. The first-order valence-corrected chi connectivity index (χ1v) is 9.07. The number of carbonyl (C=O) groups is 1. The van der Waals surface area contributed by atoms with Gasteiger partial charge in [0.25, 0.3) is 0 Å². The van der Waals surface area contributed by atoms with Crippen molar-refractivity contribution in [3.8, 4) is 0 Å². The van der Waals surface area contributed by atoms with Crippen molar-refractivity contribution in [3.63, 3.8) is 0 Å². The molecule has 1 aromatic carbocycles. The third-order valence-corrected chi connectivity index (χ3v) is 5.06. The number of para-hydroxylation sites is 2. The molecule has 1 N–H and O–H groups in total. The number of oxazole rings is 1. The Hall–Kier alpha value is -3.48. The van der Waals surface area contributed by atoms with Crippen LogP contribution < -0.4 is 11.1 Å². The van der Waals surface area contributed by atoms with Gasteiger partial charge >= 0.3 is 5.76 Å². The van der Waals surface area contributed by atoms with Crippen LogP contribution in [0.5, 0.6) is 0 Å². The van der Waals surface area contributed by atoms with E-state index in [-0.39, 0.29) is 18.9 Å². The second-order valence-electron chi connectivity index (χ2n) is 6.80. The number of benzene rings is 1. The molecule has 28 heavy (non-hydrogen) atoms. The number of anilines is 1. The second kappa shape index (κ2) is 6.92. The predicted molar refractivity (Wildman–Crippen MR) is 107 cm³/mol. The summed E-state index contributed by atoms with van der Waals surface area (Å²) in [4.78, 5) is 33.3. The van der Waals surface area contributed by atoms with Crippen molar-refractivity contribution < 1.29 is 9.21 Å². The molecule has 7 heteroatoms. The molecule has 142 valence electrons. The van der Waals surface area contributed by atoms with E-state index in [1.54, 1.807) is 24.3 Å². The van der Waals surface area contributed by atoms with Crippen LogP contribution in [0.25, 0.3) is 22.1 Å². The van der Waals surface area contributed by atoms with Crippen LogP contribution in [0.2, 0.25) is 0 Å². The number of amides is 1. The summed E-state index contributed by atoms with van der Waals surface area (Å²) in [5.41, 5.74) is 5.00. The van der Waals surface area contributed by atoms with Crippen molar-refractivity contribution in [1.29, 1.82) is 0 Å². The summed E-state index contributed by atoms with van der Waals surface area (Å²) < 4.78 is 6.64. The number of hydrogen-bond donors (Lipinski definition) is 1. The Bertz CT molecular complexity index is 1270. The average molecular weight is 376 g/mol. The number of aryl methyl sites for hydroxylation is 3. The van der Waals surface area contributed by atoms with Crippen molar-refractivity contribution in [3.05, 3.63) is 63.8 Å². The van der Waals surface area contributed by atoms with E-state index in [9.17, 15) is 9.59 Å². The Kier molecular flexibility index (Phi) is 4.43. The van der Waals surface area contributed by atoms with Gasteiger partial charge in [0.1, 0.15) is 5.82 Å². The zero-order valence-corrected chi connectivity index (χ0v) is 15.9. The molecule has 0 fully saturated rings. The molecule has 0 bridgehead atoms. The van der Waals surface area contributed by atoms with Gasteiger partial charge in [-0.3, -0.25) is 9.36 Å². The number of rotatable bonds is 4. The Morgan fingerprint density at radius 2 is 1.86 bits per heavy atom. The predicted octanol–water partition coefficient (Wildman–Crippen LogP) is 3.49. The molecule has 0 aliphatic carbocycles. The van der Waals surface area contributed by atoms with Gasteiger partial charge in [-0.25, -0.2) is 14.8 Å². The maximum Gasteiger partial charge on any atom is 0.419 e. The van der Waals surface area contributed by atoms with Crippen LogP contribution in [0.15, 0.2) is 45.6 Å². The summed E-state index contributed by atoms with van der Waals surface area (Å²) >= 11 is 0. The van der Waals surface area contributed by atoms with E-state index < -0.39 is 5.76 Å². The fraction of sp³-hybridized carbons (Fsp3) is 0.238. The van der Waals surface area contributed by atoms with Gasteiger partial charge in [-0.1, -0.05) is 12.1 Å². The van der Waals surface area contributed by atoms with Crippen LogP contribution in [0.4, 0.5) is 5.82 Å². The monoisotopic (exact) mass is 376 g/mol. The van der Waals surface area contributed by atoms with Gasteiger partial charge < -0.3 is 9.73 Å². The maximum atomic E-state index is 12.4. The van der Waals surface area contributed by atoms with Crippen molar-refractivity contribution in [2.75, 3.05) is 5.32 Å². The zero-order valence-electron chi connectivity index (χ0n) is 15.9. The van der Waals surface area contributed by atoms with Crippen LogP contribution in [-0.4, -0.2) is 20.4 Å². The molecule has 7 nitrogen and oxygen atoms in total. The maximum absolute atomic E-state index is 12.4. The van der Waals surface area contributed by atoms with Crippen LogP contribution in [-0.2, 0) is 11.3 Å². The molecular formula is C21H20N4O3. The first kappa shape index (κ1) is 17.9. The van der Waals surface area contributed by atoms with E-state index in [0.717, 1.165) is 22.2 Å². The Labute approximate surface area is 161 Å². The van der Waals surface area contributed by atoms with Crippen LogP contribution in [0.3, 0.4) is 0 Å². The molecule has 1 amide bonds. The Morgan fingerprint density at radius 3 is 2.68 bits per heavy atom. The lowest BCUT2D eigenvalue weighted by Crippen LogP contribution is -2.20. The van der Waals surface area contributed by atoms with Gasteiger partial charge in [-0.2, -0.15) is 0 Å². The number of nitrogens with one attached hydrogen (secondary N) is 1. The van der Waals surface area contributed by atoms with Crippen molar-refractivity contribution in [2.24, 2.45) is 0 Å². The topological polar surface area (TPSA) is 90.0 Å². The number of nitrogens with zero attached hydrogens (tertiary/aromatic N) is 3. The summed E-state index contributed by atoms with van der Waals surface area (Å²) in [5.74, 6) is -0.259. The quantitative estimate of drug-likeness (QED) is 0.589. The number of hydrogen-bond acceptors (Lipinski definition) is 5. The molecule has 0 aliphatic rings. The summed E-state index contributed by atoms with van der Waals surface area (Å²) in [6.45, 7) is 6.25. The summed E-state index contributed by atoms with van der Waals surface area (Å²) in [6.07, 6.45) is 0.128. The minimum atomic E-state index is -0.469. The third-order valence-electron chi connectivity index (χ3n) is 5.06. The molecule has 0 aliphatic heterocycles. The smallest absolute Gasteiger partial charge is 0.408 e. The highest BCUT2D eigenvalue weighted by molar-refractivity contribution is 5.91. The highest BCUT2D eigenvalue weighted by atomic mass is 16.4. The summed E-state index contributed by atoms with van der Waals surface area (Å²) in [6, 6.07) is 10.8. The number of carbonyl (C=O) groups excluding carboxylic acids is 1. The van der Waals surface area contributed by atoms with Crippen LogP contribution in [0, 0.1) is 20.8 Å². The van der Waals surface area contributed by atoms with Gasteiger partial charge in [0.15, 0.2) is 11.2 Å². The molecule has 3 aromatic heterocycles. The summed E-state index contributed by atoms with van der Waals surface area (Å²) in [5, 5.41) is 3.75. The number of fused-ring (bicyclic) bond motifs is 2. The van der Waals surface area contributed by atoms with E-state index in [2.05, 4.69) is 15.3 Å². The number of pyridine rings is 2. The fourth-order valence-corrected chi connectivity index (χ4v) is 3.26. The molecule has 4 aromatic rings. The SMILES string of the molecule is Cc1nc2nc(NC(=O)CCn3c(=O)oc4ccccc43)ccc2c(C)c1C. The van der Waals surface area contributed by atoms with Crippen molar-refractivity contribution in [2.45, 2.75) is 33.7 Å². The zero-order chi connectivity index (χ0) is 19.8. The van der Waals surface area contributed by atoms with Gasteiger partial charge in [-0.15, -0.1) is 0 Å². The second-order valence-corrected chi connectivity index (χ2v) is 6.80. The van der Waals surface area contributed by atoms with Crippen molar-refractivity contribution in [1.82, 2.24) is 14.5 Å². The fourth-order valence-electron chi connectivity index (χ4n) is 3.26. The standard InChI is InChI=1S/C21H20N4O3/c1-12-13(2)15-8-9-18(24-20(15)22-14(12)3)23-19(26)10-11-25-16-6-4-5-7-17(16)28-21(25)27/h4-9H,10-11H2,1-3H3,(H,22,23,24,26). The minimum absolute atomic E-state index is 0.128. The molecule has 0 unspecified atom stereocenters. The molecule has 0 spiro atoms. The first-order valence-electron chi connectivity index (χ1n) is 9.07. The van der Waals surface area contributed by atoms with E-state index in [4.69, 9.17) is 4.42 Å². The third kappa shape index (κ3) is 3.15. The molecule has 0 atom stereocenters. The average Bonchev–Trinajstić information content (AvgIpc) is 2.99. The van der Waals surface area contributed by atoms with E-state index >= 15 is 0 Å². The van der Waals surface area contributed by atoms with E-state index in [1.165, 1.54) is 4.57 Å². The highest BCUT2D eigenvalue weighted by Crippen LogP contribution is 2.22. The van der Waals surface area contributed by atoms with Crippen LogP contribution in [0.1, 0.15) is 23.2 Å². The van der Waals surface area contributed by atoms with Gasteiger partial charge in [0.05, 0.1) is 5.52 Å². The molecule has 0 saturated heterocycles.